The topological polar surface area (TPSA) is 60.7 Å². The predicted molar refractivity (Wildman–Crippen MR) is 119 cm³/mol. The highest BCUT2D eigenvalue weighted by molar-refractivity contribution is 6.16. The summed E-state index contributed by atoms with van der Waals surface area (Å²) >= 11 is 0. The number of aryl methyl sites for hydroxylation is 2. The summed E-state index contributed by atoms with van der Waals surface area (Å²) in [5.74, 6) is 1.66. The van der Waals surface area contributed by atoms with Gasteiger partial charge in [0.25, 0.3) is 5.91 Å². The molecule has 3 aromatic carbocycles. The molecule has 0 unspecified atom stereocenters. The quantitative estimate of drug-likeness (QED) is 0.446. The molecule has 5 heteroatoms. The van der Waals surface area contributed by atoms with E-state index in [9.17, 15) is 4.79 Å². The summed E-state index contributed by atoms with van der Waals surface area (Å²) < 4.78 is 16.7. The van der Waals surface area contributed by atoms with E-state index < -0.39 is 0 Å². The first-order valence-electron chi connectivity index (χ1n) is 9.63. The van der Waals surface area contributed by atoms with Gasteiger partial charge in [-0.2, -0.15) is 0 Å². The average Bonchev–Trinajstić information content (AvgIpc) is 3.14. The molecular formula is C25H23NO4. The fraction of sp³-hybridized carbons (Fsp3) is 0.160. The Balaban J connectivity index is 1.85. The number of rotatable bonds is 5. The van der Waals surface area contributed by atoms with E-state index in [1.807, 2.05) is 74.5 Å². The molecule has 0 fully saturated rings. The second-order valence-electron chi connectivity index (χ2n) is 7.17. The molecule has 1 heterocycles. The number of fused-ring (bicyclic) bond motifs is 1. The first-order chi connectivity index (χ1) is 14.5. The summed E-state index contributed by atoms with van der Waals surface area (Å²) in [6.45, 7) is 4.00. The number of methoxy groups -OCH3 is 2. The molecule has 4 rings (SSSR count). The van der Waals surface area contributed by atoms with E-state index >= 15 is 0 Å². The smallest absolute Gasteiger partial charge is 0.260 e. The normalized spacial score (nSPS) is 10.8. The Hall–Kier alpha value is -3.73. The van der Waals surface area contributed by atoms with Crippen LogP contribution in [0, 0.1) is 13.8 Å². The van der Waals surface area contributed by atoms with E-state index in [-0.39, 0.29) is 5.91 Å². The highest BCUT2D eigenvalue weighted by Crippen LogP contribution is 2.36. The van der Waals surface area contributed by atoms with Crippen LogP contribution in [0.5, 0.6) is 11.5 Å². The van der Waals surface area contributed by atoms with Crippen molar-refractivity contribution in [2.45, 2.75) is 13.8 Å². The molecule has 0 atom stereocenters. The highest BCUT2D eigenvalue weighted by atomic mass is 16.5. The van der Waals surface area contributed by atoms with Gasteiger partial charge in [-0.15, -0.1) is 0 Å². The number of benzene rings is 3. The molecule has 0 aliphatic carbocycles. The molecule has 0 radical (unpaired) electrons. The van der Waals surface area contributed by atoms with Crippen LogP contribution in [-0.2, 0) is 0 Å². The molecule has 0 saturated heterocycles. The van der Waals surface area contributed by atoms with E-state index in [1.165, 1.54) is 0 Å². The van der Waals surface area contributed by atoms with E-state index in [1.54, 1.807) is 14.2 Å². The Morgan fingerprint density at radius 1 is 0.867 bits per heavy atom. The maximum Gasteiger partial charge on any atom is 0.260 e. The third-order valence-corrected chi connectivity index (χ3v) is 5.10. The van der Waals surface area contributed by atoms with Crippen LogP contribution in [0.3, 0.4) is 0 Å². The van der Waals surface area contributed by atoms with Crippen molar-refractivity contribution in [3.05, 3.63) is 77.4 Å². The zero-order valence-corrected chi connectivity index (χ0v) is 17.4. The van der Waals surface area contributed by atoms with Gasteiger partial charge >= 0.3 is 0 Å². The van der Waals surface area contributed by atoms with E-state index in [0.29, 0.717) is 28.0 Å². The minimum atomic E-state index is -0.236. The van der Waals surface area contributed by atoms with Crippen LogP contribution < -0.4 is 14.8 Å². The number of anilines is 1. The van der Waals surface area contributed by atoms with E-state index in [0.717, 1.165) is 28.1 Å². The van der Waals surface area contributed by atoms with Gasteiger partial charge in [-0.3, -0.25) is 4.79 Å². The SMILES string of the molecule is COc1ccc(-c2oc3ccc(OC)cc3c2C(=O)Nc2ccc(C)cc2C)cc1. The van der Waals surface area contributed by atoms with Crippen LogP contribution in [0.15, 0.2) is 65.1 Å². The standard InChI is InChI=1S/C25H23NO4/c1-15-5-11-21(16(2)13-15)26-25(27)23-20-14-19(29-4)10-12-22(20)30-24(23)17-6-8-18(28-3)9-7-17/h5-14H,1-4H3,(H,26,27). The van der Waals surface area contributed by atoms with Gasteiger partial charge in [0.2, 0.25) is 0 Å². The summed E-state index contributed by atoms with van der Waals surface area (Å²) in [7, 11) is 3.21. The lowest BCUT2D eigenvalue weighted by Gasteiger charge is -2.10. The van der Waals surface area contributed by atoms with Crippen molar-refractivity contribution < 1.29 is 18.7 Å². The highest BCUT2D eigenvalue weighted by Gasteiger charge is 2.23. The lowest BCUT2D eigenvalue weighted by atomic mass is 10.0. The number of hydrogen-bond acceptors (Lipinski definition) is 4. The molecule has 0 saturated carbocycles. The van der Waals surface area contributed by atoms with Crippen LogP contribution >= 0.6 is 0 Å². The Bertz CT molecular complexity index is 1220. The van der Waals surface area contributed by atoms with Crippen molar-refractivity contribution in [2.75, 3.05) is 19.5 Å². The van der Waals surface area contributed by atoms with Crippen molar-refractivity contribution in [1.82, 2.24) is 0 Å². The van der Waals surface area contributed by atoms with Gasteiger partial charge in [0.1, 0.15) is 22.8 Å². The number of carbonyl (C=O) groups is 1. The molecule has 1 amide bonds. The van der Waals surface area contributed by atoms with Gasteiger partial charge in [-0.05, 0) is 67.9 Å². The van der Waals surface area contributed by atoms with Gasteiger partial charge in [0, 0.05) is 16.6 Å². The fourth-order valence-electron chi connectivity index (χ4n) is 3.51. The van der Waals surface area contributed by atoms with E-state index in [4.69, 9.17) is 13.9 Å². The maximum absolute atomic E-state index is 13.4. The summed E-state index contributed by atoms with van der Waals surface area (Å²) in [4.78, 5) is 13.4. The van der Waals surface area contributed by atoms with E-state index in [2.05, 4.69) is 5.32 Å². The monoisotopic (exact) mass is 401 g/mol. The number of hydrogen-bond donors (Lipinski definition) is 1. The largest absolute Gasteiger partial charge is 0.497 e. The van der Waals surface area contributed by atoms with Crippen LogP contribution in [0.25, 0.3) is 22.3 Å². The van der Waals surface area contributed by atoms with Gasteiger partial charge in [0.05, 0.1) is 19.8 Å². The Labute approximate surface area is 175 Å². The minimum Gasteiger partial charge on any atom is -0.497 e. The fourth-order valence-corrected chi connectivity index (χ4v) is 3.51. The molecule has 1 aromatic heterocycles. The van der Waals surface area contributed by atoms with Gasteiger partial charge in [0.15, 0.2) is 0 Å². The van der Waals surface area contributed by atoms with Crippen LogP contribution in [-0.4, -0.2) is 20.1 Å². The molecular weight excluding hydrogens is 378 g/mol. The summed E-state index contributed by atoms with van der Waals surface area (Å²) in [5.41, 5.74) is 4.78. The first kappa shape index (κ1) is 19.6. The number of furan rings is 1. The molecule has 0 aliphatic rings. The average molecular weight is 401 g/mol. The molecule has 0 spiro atoms. The molecule has 1 N–H and O–H groups in total. The van der Waals surface area contributed by atoms with Crippen molar-refractivity contribution >= 4 is 22.6 Å². The lowest BCUT2D eigenvalue weighted by molar-refractivity contribution is 0.102. The van der Waals surface area contributed by atoms with Gasteiger partial charge in [-0.25, -0.2) is 0 Å². The number of carbonyl (C=O) groups excluding carboxylic acids is 1. The second-order valence-corrected chi connectivity index (χ2v) is 7.17. The second kappa shape index (κ2) is 7.95. The Morgan fingerprint density at radius 2 is 1.57 bits per heavy atom. The minimum absolute atomic E-state index is 0.236. The molecule has 0 aliphatic heterocycles. The zero-order chi connectivity index (χ0) is 21.3. The Kier molecular flexibility index (Phi) is 5.19. The van der Waals surface area contributed by atoms with Crippen LogP contribution in [0.1, 0.15) is 21.5 Å². The van der Waals surface area contributed by atoms with Crippen molar-refractivity contribution in [3.63, 3.8) is 0 Å². The van der Waals surface area contributed by atoms with Crippen LogP contribution in [0.4, 0.5) is 5.69 Å². The molecule has 5 nitrogen and oxygen atoms in total. The molecule has 30 heavy (non-hydrogen) atoms. The summed E-state index contributed by atoms with van der Waals surface area (Å²) in [5, 5.41) is 3.73. The number of amides is 1. The van der Waals surface area contributed by atoms with Gasteiger partial charge < -0.3 is 19.2 Å². The molecule has 0 bridgehead atoms. The third-order valence-electron chi connectivity index (χ3n) is 5.10. The lowest BCUT2D eigenvalue weighted by Crippen LogP contribution is -2.13. The number of ether oxygens (including phenoxy) is 2. The molecule has 4 aromatic rings. The zero-order valence-electron chi connectivity index (χ0n) is 17.4. The molecule has 152 valence electrons. The maximum atomic E-state index is 13.4. The number of nitrogens with one attached hydrogen (secondary N) is 1. The summed E-state index contributed by atoms with van der Waals surface area (Å²) in [6, 6.07) is 18.8. The van der Waals surface area contributed by atoms with Crippen LogP contribution in [0.2, 0.25) is 0 Å². The third kappa shape index (κ3) is 3.62. The van der Waals surface area contributed by atoms with Gasteiger partial charge in [-0.1, -0.05) is 17.7 Å². The predicted octanol–water partition coefficient (Wildman–Crippen LogP) is 5.99. The Morgan fingerprint density at radius 3 is 2.23 bits per heavy atom. The first-order valence-corrected chi connectivity index (χ1v) is 9.63. The van der Waals surface area contributed by atoms with Crippen molar-refractivity contribution in [3.8, 4) is 22.8 Å². The van der Waals surface area contributed by atoms with Crippen molar-refractivity contribution in [2.24, 2.45) is 0 Å². The summed E-state index contributed by atoms with van der Waals surface area (Å²) in [6.07, 6.45) is 0. The van der Waals surface area contributed by atoms with Crippen molar-refractivity contribution in [1.29, 1.82) is 0 Å².